The first-order valence-electron chi connectivity index (χ1n) is 10.4. The van der Waals surface area contributed by atoms with Crippen LogP contribution in [0.4, 0.5) is 5.82 Å². The highest BCUT2D eigenvalue weighted by Gasteiger charge is 2.22. The summed E-state index contributed by atoms with van der Waals surface area (Å²) in [5.74, 6) is -0.0676. The van der Waals surface area contributed by atoms with E-state index in [4.69, 9.17) is 14.5 Å². The van der Waals surface area contributed by atoms with E-state index < -0.39 is 5.91 Å². The number of carbonyl (C=O) groups is 1. The van der Waals surface area contributed by atoms with E-state index >= 15 is 0 Å². The molecule has 4 heterocycles. The van der Waals surface area contributed by atoms with Crippen molar-refractivity contribution in [3.63, 3.8) is 0 Å². The monoisotopic (exact) mass is 423 g/mol. The summed E-state index contributed by atoms with van der Waals surface area (Å²) in [6.07, 6.45) is 4.79. The molecule has 9 nitrogen and oxygen atoms in total. The van der Waals surface area contributed by atoms with Gasteiger partial charge in [-0.2, -0.15) is 5.26 Å². The molecule has 1 unspecified atom stereocenters. The highest BCUT2D eigenvalue weighted by Crippen LogP contribution is 2.21. The third kappa shape index (κ3) is 4.45. The number of anilines is 1. The molecule has 2 aliphatic rings. The van der Waals surface area contributed by atoms with E-state index in [-0.39, 0.29) is 22.8 Å². The Labute approximate surface area is 179 Å². The van der Waals surface area contributed by atoms with Gasteiger partial charge in [0, 0.05) is 32.4 Å². The summed E-state index contributed by atoms with van der Waals surface area (Å²) < 4.78 is 12.4. The van der Waals surface area contributed by atoms with E-state index in [0.29, 0.717) is 50.9 Å². The summed E-state index contributed by atoms with van der Waals surface area (Å²) in [4.78, 5) is 32.7. The lowest BCUT2D eigenvalue weighted by Crippen LogP contribution is -2.39. The zero-order valence-electron chi connectivity index (χ0n) is 17.5. The zero-order valence-corrected chi connectivity index (χ0v) is 17.5. The number of fused-ring (bicyclic) bond motifs is 1. The lowest BCUT2D eigenvalue weighted by Gasteiger charge is -2.29. The molecule has 0 bridgehead atoms. The molecule has 1 amide bonds. The van der Waals surface area contributed by atoms with Crippen molar-refractivity contribution in [1.29, 1.82) is 5.26 Å². The second-order valence-electron chi connectivity index (χ2n) is 7.65. The van der Waals surface area contributed by atoms with E-state index in [1.54, 1.807) is 12.3 Å². The number of amides is 1. The number of aromatic nitrogens is 2. The normalized spacial score (nSPS) is 19.4. The Balaban J connectivity index is 1.74. The summed E-state index contributed by atoms with van der Waals surface area (Å²) >= 11 is 0. The molecule has 2 aromatic heterocycles. The number of pyridine rings is 1. The Morgan fingerprint density at radius 3 is 2.90 bits per heavy atom. The number of aryl methyl sites for hydroxylation is 1. The summed E-state index contributed by atoms with van der Waals surface area (Å²) in [5, 5.41) is 12.4. The van der Waals surface area contributed by atoms with E-state index in [9.17, 15) is 14.9 Å². The Kier molecular flexibility index (Phi) is 6.30. The van der Waals surface area contributed by atoms with Gasteiger partial charge in [0.1, 0.15) is 23.1 Å². The van der Waals surface area contributed by atoms with Gasteiger partial charge in [-0.3, -0.25) is 14.0 Å². The minimum atomic E-state index is -0.528. The van der Waals surface area contributed by atoms with Gasteiger partial charge < -0.3 is 19.7 Å². The van der Waals surface area contributed by atoms with Crippen LogP contribution in [-0.2, 0) is 14.3 Å². The molecule has 0 radical (unpaired) electrons. The lowest BCUT2D eigenvalue weighted by molar-refractivity contribution is -0.117. The van der Waals surface area contributed by atoms with Gasteiger partial charge in [0.25, 0.3) is 11.5 Å². The summed E-state index contributed by atoms with van der Waals surface area (Å²) in [5.41, 5.74) is 1.16. The quantitative estimate of drug-likeness (QED) is 0.565. The van der Waals surface area contributed by atoms with Crippen LogP contribution in [0.5, 0.6) is 0 Å². The van der Waals surface area contributed by atoms with Crippen LogP contribution in [0.25, 0.3) is 11.7 Å². The Morgan fingerprint density at radius 2 is 2.19 bits per heavy atom. The summed E-state index contributed by atoms with van der Waals surface area (Å²) in [7, 11) is 0. The highest BCUT2D eigenvalue weighted by molar-refractivity contribution is 6.02. The first kappa shape index (κ1) is 21.0. The molecule has 2 aromatic rings. The van der Waals surface area contributed by atoms with Crippen LogP contribution >= 0.6 is 0 Å². The standard InChI is InChI=1S/C22H25N5O4/c1-15-4-2-6-27-19(15)25-20(26-7-10-30-11-8-26)18(22(27)29)12-16(13-23)21(28)24-14-17-5-3-9-31-17/h2,4,6,12,17H,3,5,7-11,14H2,1H3,(H,24,28). The molecule has 0 aromatic carbocycles. The second-order valence-corrected chi connectivity index (χ2v) is 7.65. The minimum Gasteiger partial charge on any atom is -0.378 e. The fourth-order valence-electron chi connectivity index (χ4n) is 3.84. The Hall–Kier alpha value is -3.22. The van der Waals surface area contributed by atoms with Crippen LogP contribution < -0.4 is 15.8 Å². The molecule has 1 atom stereocenters. The predicted octanol–water partition coefficient (Wildman–Crippen LogP) is 1.04. The molecule has 4 rings (SSSR count). The van der Waals surface area contributed by atoms with Gasteiger partial charge in [0.05, 0.1) is 24.9 Å². The third-order valence-electron chi connectivity index (χ3n) is 5.54. The lowest BCUT2D eigenvalue weighted by atomic mass is 10.1. The highest BCUT2D eigenvalue weighted by atomic mass is 16.5. The van der Waals surface area contributed by atoms with E-state index in [1.165, 1.54) is 10.5 Å². The number of morpholine rings is 1. The van der Waals surface area contributed by atoms with Crippen molar-refractivity contribution in [1.82, 2.24) is 14.7 Å². The van der Waals surface area contributed by atoms with Gasteiger partial charge in [-0.05, 0) is 37.5 Å². The molecule has 2 aliphatic heterocycles. The molecule has 0 saturated carbocycles. The van der Waals surface area contributed by atoms with Crippen LogP contribution in [0.15, 0.2) is 28.7 Å². The third-order valence-corrected chi connectivity index (χ3v) is 5.54. The fourth-order valence-corrected chi connectivity index (χ4v) is 3.84. The molecule has 162 valence electrons. The maximum Gasteiger partial charge on any atom is 0.267 e. The van der Waals surface area contributed by atoms with Crippen LogP contribution in [0.1, 0.15) is 24.0 Å². The molecule has 2 saturated heterocycles. The number of rotatable bonds is 5. The van der Waals surface area contributed by atoms with Gasteiger partial charge in [0.15, 0.2) is 0 Å². The van der Waals surface area contributed by atoms with Crippen molar-refractivity contribution in [3.8, 4) is 6.07 Å². The average molecular weight is 423 g/mol. The first-order chi connectivity index (χ1) is 15.1. The van der Waals surface area contributed by atoms with Crippen molar-refractivity contribution in [2.75, 3.05) is 44.4 Å². The van der Waals surface area contributed by atoms with Gasteiger partial charge in [-0.25, -0.2) is 4.98 Å². The largest absolute Gasteiger partial charge is 0.378 e. The van der Waals surface area contributed by atoms with Crippen molar-refractivity contribution < 1.29 is 14.3 Å². The topological polar surface area (TPSA) is 109 Å². The minimum absolute atomic E-state index is 0.0382. The number of hydrogen-bond donors (Lipinski definition) is 1. The van der Waals surface area contributed by atoms with Crippen molar-refractivity contribution in [2.24, 2.45) is 0 Å². The van der Waals surface area contributed by atoms with E-state index in [2.05, 4.69) is 5.32 Å². The Morgan fingerprint density at radius 1 is 1.39 bits per heavy atom. The molecule has 0 spiro atoms. The van der Waals surface area contributed by atoms with Crippen molar-refractivity contribution in [2.45, 2.75) is 25.9 Å². The molecule has 0 aliphatic carbocycles. The van der Waals surface area contributed by atoms with Crippen molar-refractivity contribution in [3.05, 3.63) is 45.4 Å². The number of ether oxygens (including phenoxy) is 2. The maximum absolute atomic E-state index is 13.3. The summed E-state index contributed by atoms with van der Waals surface area (Å²) in [6, 6.07) is 5.59. The van der Waals surface area contributed by atoms with Gasteiger partial charge in [-0.15, -0.1) is 0 Å². The SMILES string of the molecule is Cc1cccn2c(=O)c(C=C(C#N)C(=O)NCC3CCCO3)c(N3CCOCC3)nc12. The summed E-state index contributed by atoms with van der Waals surface area (Å²) in [6.45, 7) is 5.09. The van der Waals surface area contributed by atoms with Gasteiger partial charge in [-0.1, -0.05) is 6.07 Å². The van der Waals surface area contributed by atoms with E-state index in [1.807, 2.05) is 24.0 Å². The average Bonchev–Trinajstić information content (AvgIpc) is 3.31. The molecule has 9 heteroatoms. The van der Waals surface area contributed by atoms with Gasteiger partial charge in [0.2, 0.25) is 0 Å². The van der Waals surface area contributed by atoms with Crippen LogP contribution in [0.3, 0.4) is 0 Å². The fraction of sp³-hybridized carbons (Fsp3) is 0.455. The number of hydrogen-bond acceptors (Lipinski definition) is 7. The van der Waals surface area contributed by atoms with Gasteiger partial charge >= 0.3 is 0 Å². The smallest absolute Gasteiger partial charge is 0.267 e. The Bertz CT molecular complexity index is 1110. The number of nitrogens with one attached hydrogen (secondary N) is 1. The first-order valence-corrected chi connectivity index (χ1v) is 10.4. The number of nitriles is 1. The molecule has 31 heavy (non-hydrogen) atoms. The van der Waals surface area contributed by atoms with Crippen LogP contribution in [0.2, 0.25) is 0 Å². The zero-order chi connectivity index (χ0) is 21.8. The number of nitrogens with zero attached hydrogens (tertiary/aromatic N) is 4. The predicted molar refractivity (Wildman–Crippen MR) is 115 cm³/mol. The second kappa shape index (κ2) is 9.29. The molecule has 1 N–H and O–H groups in total. The molecule has 2 fully saturated rings. The van der Waals surface area contributed by atoms with Crippen LogP contribution in [0, 0.1) is 18.3 Å². The number of carbonyl (C=O) groups excluding carboxylic acids is 1. The van der Waals surface area contributed by atoms with E-state index in [0.717, 1.165) is 18.4 Å². The maximum atomic E-state index is 13.3. The van der Waals surface area contributed by atoms with Crippen LogP contribution in [-0.4, -0.2) is 60.9 Å². The van der Waals surface area contributed by atoms with Crippen molar-refractivity contribution >= 4 is 23.4 Å². The molecular formula is C22H25N5O4. The molecular weight excluding hydrogens is 398 g/mol.